The van der Waals surface area contributed by atoms with E-state index >= 15 is 0 Å². The number of hydrogen-bond donors (Lipinski definition) is 0. The third-order valence-electron chi connectivity index (χ3n) is 4.51. The Hall–Kier alpha value is -2.13. The molecule has 1 aromatic rings. The second kappa shape index (κ2) is 7.40. The zero-order chi connectivity index (χ0) is 18.0. The van der Waals surface area contributed by atoms with Crippen molar-refractivity contribution < 1.29 is 9.53 Å². The van der Waals surface area contributed by atoms with Crippen LogP contribution in [0.15, 0.2) is 54.6 Å². The average Bonchev–Trinajstić information content (AvgIpc) is 2.84. The molecule has 128 valence electrons. The Kier molecular flexibility index (Phi) is 5.24. The summed E-state index contributed by atoms with van der Waals surface area (Å²) in [6, 6.07) is 18.7. The Morgan fingerprint density at radius 1 is 1.00 bits per heavy atom. The van der Waals surface area contributed by atoms with Crippen LogP contribution in [0.4, 0.5) is 0 Å². The van der Waals surface area contributed by atoms with Crippen LogP contribution < -0.4 is 0 Å². The number of carbonyl (C=O) groups excluding carboxylic acids is 1. The van der Waals surface area contributed by atoms with E-state index in [1.54, 1.807) is 0 Å². The number of rotatable bonds is 4. The Balaban J connectivity index is 2.26. The minimum atomic E-state index is -0.301. The van der Waals surface area contributed by atoms with Gasteiger partial charge in [-0.25, -0.2) is 4.79 Å². The highest BCUT2D eigenvalue weighted by molar-refractivity contribution is 9.08. The molecule has 0 aliphatic heterocycles. The van der Waals surface area contributed by atoms with Gasteiger partial charge in [0.2, 0.25) is 0 Å². The molecule has 2 nitrogen and oxygen atoms in total. The summed E-state index contributed by atoms with van der Waals surface area (Å²) in [5.74, 6) is 0.128. The van der Waals surface area contributed by atoms with Gasteiger partial charge in [-0.15, -0.1) is 0 Å². The molecular formula is C22H21BrO2. The van der Waals surface area contributed by atoms with Crippen molar-refractivity contribution in [2.45, 2.75) is 25.1 Å². The van der Waals surface area contributed by atoms with Crippen molar-refractivity contribution in [2.24, 2.45) is 0 Å². The molecular weight excluding hydrogens is 376 g/mol. The topological polar surface area (TPSA) is 26.3 Å². The van der Waals surface area contributed by atoms with Crippen LogP contribution in [-0.4, -0.2) is 13.1 Å². The maximum Gasteiger partial charge on any atom is 0.338 e. The van der Waals surface area contributed by atoms with Crippen LogP contribution >= 0.6 is 15.9 Å². The summed E-state index contributed by atoms with van der Waals surface area (Å²) in [4.78, 5) is 12.3. The number of alkyl halides is 1. The van der Waals surface area contributed by atoms with Crippen LogP contribution in [0.3, 0.4) is 0 Å². The summed E-state index contributed by atoms with van der Waals surface area (Å²) in [5.41, 5.74) is 7.22. The van der Waals surface area contributed by atoms with Gasteiger partial charge in [-0.3, -0.25) is 0 Å². The monoisotopic (exact) mass is 396 g/mol. The Labute approximate surface area is 157 Å². The minimum absolute atomic E-state index is 0.301. The molecule has 0 heterocycles. The van der Waals surface area contributed by atoms with Crippen molar-refractivity contribution >= 4 is 21.9 Å². The fraction of sp³-hybridized carbons (Fsp3) is 0.227. The van der Waals surface area contributed by atoms with Gasteiger partial charge in [0.15, 0.2) is 0 Å². The predicted molar refractivity (Wildman–Crippen MR) is 107 cm³/mol. The van der Waals surface area contributed by atoms with Gasteiger partial charge in [0.25, 0.3) is 0 Å². The summed E-state index contributed by atoms with van der Waals surface area (Å²) < 4.78 is 5.00. The van der Waals surface area contributed by atoms with Crippen molar-refractivity contribution in [3.8, 4) is 22.3 Å². The Morgan fingerprint density at radius 2 is 1.72 bits per heavy atom. The van der Waals surface area contributed by atoms with Gasteiger partial charge in [0, 0.05) is 5.33 Å². The molecule has 0 radical (unpaired) electrons. The van der Waals surface area contributed by atoms with Crippen molar-refractivity contribution in [1.82, 2.24) is 0 Å². The van der Waals surface area contributed by atoms with Gasteiger partial charge < -0.3 is 4.74 Å². The van der Waals surface area contributed by atoms with Gasteiger partial charge in [0.1, 0.15) is 0 Å². The summed E-state index contributed by atoms with van der Waals surface area (Å²) >= 11 is 3.51. The molecule has 3 rings (SSSR count). The lowest BCUT2D eigenvalue weighted by Crippen LogP contribution is -1.99. The van der Waals surface area contributed by atoms with E-state index in [4.69, 9.17) is 4.74 Å². The molecule has 0 bridgehead atoms. The van der Waals surface area contributed by atoms with Crippen molar-refractivity contribution in [2.75, 3.05) is 7.11 Å². The third kappa shape index (κ3) is 3.47. The highest BCUT2D eigenvalue weighted by Gasteiger charge is 2.21. The SMILES string of the molecule is COC(=O)c1cc(-c2cccc(CBr)c2)c2ccc(C(C)C)ccc1-2. The molecule has 2 aliphatic carbocycles. The molecule has 0 saturated heterocycles. The number of ether oxygens (including phenoxy) is 1. The van der Waals surface area contributed by atoms with Crippen LogP contribution in [0.25, 0.3) is 22.3 Å². The van der Waals surface area contributed by atoms with E-state index in [2.05, 4.69) is 66.2 Å². The van der Waals surface area contributed by atoms with E-state index < -0.39 is 0 Å². The summed E-state index contributed by atoms with van der Waals surface area (Å²) in [6.45, 7) is 4.34. The molecule has 3 heteroatoms. The smallest absolute Gasteiger partial charge is 0.338 e. The minimum Gasteiger partial charge on any atom is -0.465 e. The van der Waals surface area contributed by atoms with Gasteiger partial charge in [-0.1, -0.05) is 78.3 Å². The largest absolute Gasteiger partial charge is 0.465 e. The first-order chi connectivity index (χ1) is 12.0. The number of fused-ring (bicyclic) bond motifs is 1. The molecule has 1 aromatic carbocycles. The average molecular weight is 397 g/mol. The highest BCUT2D eigenvalue weighted by atomic mass is 79.9. The molecule has 0 spiro atoms. The van der Waals surface area contributed by atoms with Crippen molar-refractivity contribution in [3.05, 3.63) is 71.3 Å². The number of esters is 1. The maximum atomic E-state index is 12.3. The lowest BCUT2D eigenvalue weighted by molar-refractivity contribution is 0.0602. The number of methoxy groups -OCH3 is 1. The zero-order valence-corrected chi connectivity index (χ0v) is 16.3. The zero-order valence-electron chi connectivity index (χ0n) is 14.7. The van der Waals surface area contributed by atoms with Gasteiger partial charge in [-0.05, 0) is 45.4 Å². The van der Waals surface area contributed by atoms with E-state index in [0.29, 0.717) is 11.5 Å². The van der Waals surface area contributed by atoms with Gasteiger partial charge in [0.05, 0.1) is 12.7 Å². The van der Waals surface area contributed by atoms with E-state index in [1.165, 1.54) is 18.2 Å². The second-order valence-corrected chi connectivity index (χ2v) is 7.01. The van der Waals surface area contributed by atoms with Gasteiger partial charge in [-0.2, -0.15) is 0 Å². The van der Waals surface area contributed by atoms with Crippen LogP contribution in [0.2, 0.25) is 0 Å². The third-order valence-corrected chi connectivity index (χ3v) is 5.16. The van der Waals surface area contributed by atoms with Crippen LogP contribution in [0.5, 0.6) is 0 Å². The fourth-order valence-electron chi connectivity index (χ4n) is 3.09. The first-order valence-electron chi connectivity index (χ1n) is 8.35. The van der Waals surface area contributed by atoms with E-state index in [0.717, 1.165) is 27.6 Å². The van der Waals surface area contributed by atoms with Crippen LogP contribution in [0.1, 0.15) is 41.3 Å². The fourth-order valence-corrected chi connectivity index (χ4v) is 3.44. The molecule has 0 saturated carbocycles. The standard InChI is InChI=1S/C22H21BrO2/c1-14(2)16-7-9-18-19(10-8-16)21(22(24)25-3)12-20(18)17-6-4-5-15(11-17)13-23/h4-12,14H,13H2,1-3H3. The Morgan fingerprint density at radius 3 is 2.36 bits per heavy atom. The molecule has 0 amide bonds. The van der Waals surface area contributed by atoms with E-state index in [-0.39, 0.29) is 5.97 Å². The first-order valence-corrected chi connectivity index (χ1v) is 9.47. The summed E-state index contributed by atoms with van der Waals surface area (Å²) in [5, 5.41) is 0.800. The van der Waals surface area contributed by atoms with E-state index in [1.807, 2.05) is 18.2 Å². The summed E-state index contributed by atoms with van der Waals surface area (Å²) in [6.07, 6.45) is 0. The maximum absolute atomic E-state index is 12.3. The molecule has 25 heavy (non-hydrogen) atoms. The van der Waals surface area contributed by atoms with Crippen LogP contribution in [-0.2, 0) is 10.1 Å². The number of benzene rings is 1. The molecule has 0 aromatic heterocycles. The molecule has 0 atom stereocenters. The quantitative estimate of drug-likeness (QED) is 0.384. The van der Waals surface area contributed by atoms with Crippen molar-refractivity contribution in [1.29, 1.82) is 0 Å². The number of halogens is 1. The first kappa shape index (κ1) is 17.7. The predicted octanol–water partition coefficient (Wildman–Crippen LogP) is 6.26. The Bertz CT molecular complexity index is 883. The van der Waals surface area contributed by atoms with E-state index in [9.17, 15) is 4.79 Å². The second-order valence-electron chi connectivity index (χ2n) is 6.45. The van der Waals surface area contributed by atoms with Crippen LogP contribution in [0, 0.1) is 0 Å². The lowest BCUT2D eigenvalue weighted by atomic mass is 10.0. The molecule has 0 N–H and O–H groups in total. The molecule has 2 aliphatic rings. The highest BCUT2D eigenvalue weighted by Crippen LogP contribution is 2.39. The van der Waals surface area contributed by atoms with Crippen molar-refractivity contribution in [3.63, 3.8) is 0 Å². The number of carbonyl (C=O) groups is 1. The summed E-state index contributed by atoms with van der Waals surface area (Å²) in [7, 11) is 1.43. The molecule has 0 unspecified atom stereocenters. The normalized spacial score (nSPS) is 11.1. The molecule has 0 fully saturated rings. The van der Waals surface area contributed by atoms with Gasteiger partial charge >= 0.3 is 5.97 Å². The number of hydrogen-bond acceptors (Lipinski definition) is 2. The lowest BCUT2D eigenvalue weighted by Gasteiger charge is -2.04.